The van der Waals surface area contributed by atoms with Gasteiger partial charge in [0.1, 0.15) is 4.83 Å². The summed E-state index contributed by atoms with van der Waals surface area (Å²) in [6.07, 6.45) is 4.16. The third kappa shape index (κ3) is 2.42. The fourth-order valence-electron chi connectivity index (χ4n) is 2.99. The van der Waals surface area contributed by atoms with Crippen LogP contribution in [0.3, 0.4) is 0 Å². The molecule has 4 rings (SSSR count). The summed E-state index contributed by atoms with van der Waals surface area (Å²) >= 11 is 1.51. The number of benzene rings is 1. The quantitative estimate of drug-likeness (QED) is 0.563. The van der Waals surface area contributed by atoms with E-state index in [1.54, 1.807) is 12.1 Å². The van der Waals surface area contributed by atoms with Crippen LogP contribution in [0.5, 0.6) is 6.01 Å². The van der Waals surface area contributed by atoms with E-state index in [1.165, 1.54) is 20.8 Å². The van der Waals surface area contributed by atoms with Crippen molar-refractivity contribution in [3.05, 3.63) is 51.1 Å². The molecule has 22 heavy (non-hydrogen) atoms. The van der Waals surface area contributed by atoms with Crippen LogP contribution in [0, 0.1) is 0 Å². The van der Waals surface area contributed by atoms with Crippen LogP contribution in [0.2, 0.25) is 0 Å². The van der Waals surface area contributed by atoms with Crippen molar-refractivity contribution in [1.29, 1.82) is 0 Å². The van der Waals surface area contributed by atoms with Gasteiger partial charge in [-0.1, -0.05) is 18.2 Å². The summed E-state index contributed by atoms with van der Waals surface area (Å²) in [5, 5.41) is 12.9. The Morgan fingerprint density at radius 2 is 1.86 bits per heavy atom. The normalized spacial score (nSPS) is 13.6. The molecule has 0 amide bonds. The fourth-order valence-corrected chi connectivity index (χ4v) is 4.23. The minimum atomic E-state index is -0.489. The molecule has 0 bridgehead atoms. The molecular weight excluding hydrogens is 307 g/mol. The molecule has 0 N–H and O–H groups in total. The predicted molar refractivity (Wildman–Crippen MR) is 81.3 cm³/mol. The van der Waals surface area contributed by atoms with Gasteiger partial charge in [0.25, 0.3) is 5.56 Å². The number of aromatic nitrogens is 2. The van der Waals surface area contributed by atoms with Crippen molar-refractivity contribution in [1.82, 2.24) is 9.55 Å². The maximum atomic E-state index is 12.8. The zero-order valence-electron chi connectivity index (χ0n) is 12.3. The molecule has 0 spiro atoms. The van der Waals surface area contributed by atoms with Gasteiger partial charge in [0, 0.05) is 10.6 Å². The van der Waals surface area contributed by atoms with Gasteiger partial charge < -0.3 is 5.11 Å². The first-order valence-corrected chi connectivity index (χ1v) is 7.87. The first-order chi connectivity index (χ1) is 10.3. The van der Waals surface area contributed by atoms with Crippen molar-refractivity contribution in [3.63, 3.8) is 0 Å². The summed E-state index contributed by atoms with van der Waals surface area (Å²) in [6.45, 7) is 0. The Bertz CT molecular complexity index is 887. The molecule has 0 aliphatic heterocycles. The van der Waals surface area contributed by atoms with Crippen molar-refractivity contribution in [2.45, 2.75) is 25.7 Å². The molecule has 1 aromatic carbocycles. The molecule has 2 heterocycles. The molecule has 1 aliphatic rings. The molecule has 0 atom stereocenters. The van der Waals surface area contributed by atoms with Gasteiger partial charge >= 0.3 is 29.6 Å². The van der Waals surface area contributed by atoms with E-state index < -0.39 is 6.01 Å². The van der Waals surface area contributed by atoms with E-state index >= 15 is 0 Å². The van der Waals surface area contributed by atoms with Gasteiger partial charge in [-0.25, -0.2) is 4.98 Å². The molecule has 106 valence electrons. The third-order valence-corrected chi connectivity index (χ3v) is 5.16. The van der Waals surface area contributed by atoms with Gasteiger partial charge in [0.05, 0.1) is 11.4 Å². The van der Waals surface area contributed by atoms with Crippen LogP contribution < -0.4 is 40.2 Å². The molecule has 0 radical (unpaired) electrons. The molecule has 0 saturated heterocycles. The Labute approximate surface area is 153 Å². The number of hydrogen-bond acceptors (Lipinski definition) is 4. The van der Waals surface area contributed by atoms with E-state index in [4.69, 9.17) is 0 Å². The van der Waals surface area contributed by atoms with Gasteiger partial charge in [-0.15, -0.1) is 11.3 Å². The number of aryl methyl sites for hydroxylation is 2. The minimum absolute atomic E-state index is 0. The number of thiophene rings is 1. The van der Waals surface area contributed by atoms with E-state index in [2.05, 4.69) is 4.98 Å². The van der Waals surface area contributed by atoms with Gasteiger partial charge in [0.15, 0.2) is 0 Å². The summed E-state index contributed by atoms with van der Waals surface area (Å²) in [4.78, 5) is 18.8. The number of fused-ring (bicyclic) bond motifs is 3. The van der Waals surface area contributed by atoms with Gasteiger partial charge in [-0.05, 0) is 43.4 Å². The molecular formula is C16H13N2NaO2S. The zero-order chi connectivity index (χ0) is 14.4. The van der Waals surface area contributed by atoms with E-state index in [0.717, 1.165) is 31.2 Å². The van der Waals surface area contributed by atoms with Crippen molar-refractivity contribution in [2.75, 3.05) is 0 Å². The summed E-state index contributed by atoms with van der Waals surface area (Å²) in [7, 11) is 0. The van der Waals surface area contributed by atoms with Crippen LogP contribution in [0.4, 0.5) is 0 Å². The molecule has 4 nitrogen and oxygen atoms in total. The van der Waals surface area contributed by atoms with Crippen molar-refractivity contribution in [2.24, 2.45) is 0 Å². The molecule has 0 unspecified atom stereocenters. The van der Waals surface area contributed by atoms with Crippen LogP contribution in [-0.2, 0) is 12.8 Å². The van der Waals surface area contributed by atoms with Crippen LogP contribution in [0.15, 0.2) is 35.1 Å². The van der Waals surface area contributed by atoms with E-state index in [-0.39, 0.29) is 35.1 Å². The van der Waals surface area contributed by atoms with E-state index in [1.807, 2.05) is 18.2 Å². The average molecular weight is 320 g/mol. The first kappa shape index (κ1) is 15.7. The monoisotopic (exact) mass is 320 g/mol. The Hall–Kier alpha value is -1.14. The van der Waals surface area contributed by atoms with Crippen molar-refractivity contribution >= 4 is 21.6 Å². The number of nitrogens with zero attached hydrogens (tertiary/aromatic N) is 2. The van der Waals surface area contributed by atoms with Crippen LogP contribution >= 0.6 is 11.3 Å². The van der Waals surface area contributed by atoms with Crippen LogP contribution in [-0.4, -0.2) is 9.55 Å². The Morgan fingerprint density at radius 1 is 1.14 bits per heavy atom. The zero-order valence-corrected chi connectivity index (χ0v) is 15.2. The van der Waals surface area contributed by atoms with E-state index in [9.17, 15) is 9.90 Å². The maximum Gasteiger partial charge on any atom is 1.00 e. The summed E-state index contributed by atoms with van der Waals surface area (Å²) < 4.78 is 1.18. The molecule has 0 fully saturated rings. The molecule has 3 aromatic rings. The largest absolute Gasteiger partial charge is 1.00 e. The predicted octanol–water partition coefficient (Wildman–Crippen LogP) is -0.596. The van der Waals surface area contributed by atoms with E-state index in [0.29, 0.717) is 15.9 Å². The average Bonchev–Trinajstić information content (AvgIpc) is 2.86. The summed E-state index contributed by atoms with van der Waals surface area (Å²) in [6, 6.07) is 8.52. The number of hydrogen-bond donors (Lipinski definition) is 0. The molecule has 6 heteroatoms. The van der Waals surface area contributed by atoms with Crippen LogP contribution in [0.25, 0.3) is 15.9 Å². The van der Waals surface area contributed by atoms with Gasteiger partial charge in [-0.2, -0.15) is 0 Å². The third-order valence-electron chi connectivity index (χ3n) is 3.97. The fraction of sp³-hybridized carbons (Fsp3) is 0.250. The Kier molecular flexibility index (Phi) is 4.41. The number of para-hydroxylation sites is 1. The Morgan fingerprint density at radius 3 is 2.64 bits per heavy atom. The second-order valence-corrected chi connectivity index (χ2v) is 6.35. The smallest absolute Gasteiger partial charge is 0.845 e. The maximum absolute atomic E-state index is 12.8. The summed E-state index contributed by atoms with van der Waals surface area (Å²) in [5.74, 6) is 0. The number of rotatable bonds is 1. The SMILES string of the molecule is O=c1c2c3c(sc2nc([O-])n1-c1ccccc1)CCCC3.[Na+]. The second-order valence-electron chi connectivity index (χ2n) is 5.26. The minimum Gasteiger partial charge on any atom is -0.845 e. The van der Waals surface area contributed by atoms with Gasteiger partial charge in [0.2, 0.25) is 0 Å². The van der Waals surface area contributed by atoms with Crippen molar-refractivity contribution < 1.29 is 34.7 Å². The van der Waals surface area contributed by atoms with Gasteiger partial charge in [-0.3, -0.25) is 9.36 Å². The van der Waals surface area contributed by atoms with Crippen molar-refractivity contribution in [3.8, 4) is 11.7 Å². The Balaban J connectivity index is 0.00000144. The summed E-state index contributed by atoms with van der Waals surface area (Å²) in [5.41, 5.74) is 1.47. The van der Waals surface area contributed by atoms with Crippen LogP contribution in [0.1, 0.15) is 23.3 Å². The topological polar surface area (TPSA) is 57.9 Å². The second kappa shape index (κ2) is 6.16. The standard InChI is InChI=1S/C16H14N2O2S.Na/c19-15-13-11-8-4-5-9-12(11)21-14(13)17-16(20)18(15)10-6-2-1-3-7-10;/h1-3,6-7H,4-5,8-9H2,(H,17,20);/q;+1/p-1. The molecule has 0 saturated carbocycles. The molecule has 1 aliphatic carbocycles. The first-order valence-electron chi connectivity index (χ1n) is 7.05. The molecule has 2 aromatic heterocycles.